The largest absolute Gasteiger partial charge is 0.469 e. The van der Waals surface area contributed by atoms with E-state index in [-0.39, 0.29) is 5.97 Å². The summed E-state index contributed by atoms with van der Waals surface area (Å²) < 4.78 is 4.52. The van der Waals surface area contributed by atoms with Crippen molar-refractivity contribution in [3.8, 4) is 0 Å². The van der Waals surface area contributed by atoms with Crippen molar-refractivity contribution < 1.29 is 9.53 Å². The number of methoxy groups -OCH3 is 1. The van der Waals surface area contributed by atoms with Gasteiger partial charge >= 0.3 is 5.97 Å². The highest BCUT2D eigenvalue weighted by Crippen LogP contribution is 2.10. The molecule has 0 aliphatic heterocycles. The molecule has 0 aromatic rings. The van der Waals surface area contributed by atoms with E-state index in [4.69, 9.17) is 0 Å². The average Bonchev–Trinajstić information content (AvgIpc) is 1.90. The molecule has 0 aromatic heterocycles. The minimum Gasteiger partial charge on any atom is -0.469 e. The molecule has 0 bridgehead atoms. The first kappa shape index (κ1) is 8.47. The van der Waals surface area contributed by atoms with Crippen LogP contribution in [0, 0.1) is 5.92 Å². The molecule has 2 heteroatoms. The summed E-state index contributed by atoms with van der Waals surface area (Å²) >= 11 is 0. The van der Waals surface area contributed by atoms with E-state index in [2.05, 4.69) is 4.74 Å². The van der Waals surface area contributed by atoms with Crippen LogP contribution in [0.2, 0.25) is 0 Å². The fourth-order valence-electron chi connectivity index (χ4n) is 0.683. The molecule has 0 saturated heterocycles. The number of hydrogen-bond donors (Lipinski definition) is 0. The summed E-state index contributed by atoms with van der Waals surface area (Å²) in [5, 5.41) is 0. The van der Waals surface area contributed by atoms with Crippen molar-refractivity contribution >= 4 is 5.97 Å². The molecule has 0 spiro atoms. The van der Waals surface area contributed by atoms with Gasteiger partial charge in [-0.1, -0.05) is 13.8 Å². The molecule has 0 aliphatic carbocycles. The molecular formula is C7H13O2. The van der Waals surface area contributed by atoms with Gasteiger partial charge in [-0.25, -0.2) is 0 Å². The molecule has 0 N–H and O–H groups in total. The molecule has 0 aromatic carbocycles. The number of hydrogen-bond acceptors (Lipinski definition) is 2. The normalized spacial score (nSPS) is 9.78. The smallest absolute Gasteiger partial charge is 0.312 e. The van der Waals surface area contributed by atoms with Crippen molar-refractivity contribution in [3.63, 3.8) is 0 Å². The number of ether oxygens (including phenoxy) is 1. The van der Waals surface area contributed by atoms with E-state index in [1.54, 1.807) is 0 Å². The fourth-order valence-corrected chi connectivity index (χ4v) is 0.683. The summed E-state index contributed by atoms with van der Waals surface area (Å²) in [5.74, 6) is 0.692. The van der Waals surface area contributed by atoms with Crippen LogP contribution in [0.4, 0.5) is 0 Å². The molecule has 0 atom stereocenters. The van der Waals surface area contributed by atoms with Crippen LogP contribution < -0.4 is 0 Å². The Bertz CT molecular complexity index is 84.9. The molecule has 0 fully saturated rings. The highest BCUT2D eigenvalue weighted by atomic mass is 16.5. The summed E-state index contributed by atoms with van der Waals surface area (Å²) in [6.45, 7) is 3.91. The molecule has 9 heavy (non-hydrogen) atoms. The van der Waals surface area contributed by atoms with Crippen LogP contribution in [-0.2, 0) is 9.53 Å². The van der Waals surface area contributed by atoms with Crippen LogP contribution in [0.5, 0.6) is 0 Å². The first-order chi connectivity index (χ1) is 4.26. The van der Waals surface area contributed by atoms with Gasteiger partial charge in [-0.15, -0.1) is 0 Å². The summed E-state index contributed by atoms with van der Waals surface area (Å²) in [4.78, 5) is 10.7. The van der Waals surface area contributed by atoms with Gasteiger partial charge in [0.25, 0.3) is 0 Å². The summed E-state index contributed by atoms with van der Waals surface area (Å²) in [6.07, 6.45) is 1.59. The summed E-state index contributed by atoms with van der Waals surface area (Å²) in [7, 11) is 1.41. The van der Waals surface area contributed by atoms with Gasteiger partial charge < -0.3 is 4.74 Å². The average molecular weight is 129 g/mol. The maximum atomic E-state index is 10.7. The lowest BCUT2D eigenvalue weighted by Crippen LogP contribution is -2.11. The van der Waals surface area contributed by atoms with E-state index in [1.807, 2.05) is 13.8 Å². The van der Waals surface area contributed by atoms with E-state index in [1.165, 1.54) is 7.11 Å². The van der Waals surface area contributed by atoms with Crippen molar-refractivity contribution in [2.45, 2.75) is 26.7 Å². The van der Waals surface area contributed by atoms with Gasteiger partial charge in [0, 0.05) is 0 Å². The number of rotatable bonds is 3. The lowest BCUT2D eigenvalue weighted by Gasteiger charge is -2.06. The van der Waals surface area contributed by atoms with Gasteiger partial charge in [-0.3, -0.25) is 4.79 Å². The molecule has 0 heterocycles. The van der Waals surface area contributed by atoms with Gasteiger partial charge in [0.1, 0.15) is 0 Å². The van der Waals surface area contributed by atoms with Crippen LogP contribution in [-0.4, -0.2) is 13.1 Å². The second kappa shape index (κ2) is 4.36. The third-order valence-corrected chi connectivity index (χ3v) is 1.33. The van der Waals surface area contributed by atoms with Gasteiger partial charge in [-0.2, -0.15) is 0 Å². The first-order valence-corrected chi connectivity index (χ1v) is 3.19. The van der Waals surface area contributed by atoms with Crippen LogP contribution in [0.25, 0.3) is 0 Å². The zero-order valence-electron chi connectivity index (χ0n) is 6.23. The van der Waals surface area contributed by atoms with E-state index in [0.717, 1.165) is 18.8 Å². The maximum Gasteiger partial charge on any atom is 0.312 e. The van der Waals surface area contributed by atoms with Crippen LogP contribution in [0.1, 0.15) is 26.7 Å². The van der Waals surface area contributed by atoms with E-state index in [9.17, 15) is 4.79 Å². The SMILES string of the molecule is CC[C](CC)C(=O)OC. The number of carbonyl (C=O) groups excluding carboxylic acids is 1. The molecule has 0 saturated carbocycles. The Labute approximate surface area is 56.2 Å². The Kier molecular flexibility index (Phi) is 4.10. The molecule has 1 radical (unpaired) electrons. The Balaban J connectivity index is 3.64. The predicted molar refractivity (Wildman–Crippen MR) is 35.8 cm³/mol. The van der Waals surface area contributed by atoms with Crippen molar-refractivity contribution in [1.29, 1.82) is 0 Å². The van der Waals surface area contributed by atoms with E-state index in [0.29, 0.717) is 0 Å². The van der Waals surface area contributed by atoms with Crippen molar-refractivity contribution in [2.24, 2.45) is 0 Å². The van der Waals surface area contributed by atoms with Gasteiger partial charge in [0.2, 0.25) is 0 Å². The third kappa shape index (κ3) is 2.49. The summed E-state index contributed by atoms with van der Waals surface area (Å²) in [5.41, 5.74) is 0. The predicted octanol–water partition coefficient (Wildman–Crippen LogP) is 1.55. The molecule has 0 unspecified atom stereocenters. The Morgan fingerprint density at radius 2 is 1.78 bits per heavy atom. The zero-order valence-corrected chi connectivity index (χ0v) is 6.23. The van der Waals surface area contributed by atoms with E-state index < -0.39 is 0 Å². The standard InChI is InChI=1S/C7H13O2/c1-4-6(5-2)7(8)9-3/h4-5H2,1-3H3. The van der Waals surface area contributed by atoms with Crippen molar-refractivity contribution in [1.82, 2.24) is 0 Å². The minimum atomic E-state index is -0.167. The highest BCUT2D eigenvalue weighted by molar-refractivity contribution is 5.84. The van der Waals surface area contributed by atoms with Gasteiger partial charge in [0.15, 0.2) is 0 Å². The molecule has 53 valence electrons. The van der Waals surface area contributed by atoms with Crippen LogP contribution in [0.15, 0.2) is 0 Å². The number of esters is 1. The van der Waals surface area contributed by atoms with Crippen LogP contribution >= 0.6 is 0 Å². The topological polar surface area (TPSA) is 26.3 Å². The van der Waals surface area contributed by atoms with Gasteiger partial charge in [-0.05, 0) is 12.8 Å². The van der Waals surface area contributed by atoms with E-state index >= 15 is 0 Å². The Morgan fingerprint density at radius 3 is 1.89 bits per heavy atom. The lowest BCUT2D eigenvalue weighted by molar-refractivity contribution is -0.138. The number of carbonyl (C=O) groups is 1. The molecular weight excluding hydrogens is 116 g/mol. The molecule has 2 nitrogen and oxygen atoms in total. The van der Waals surface area contributed by atoms with Crippen molar-refractivity contribution in [3.05, 3.63) is 5.92 Å². The Hall–Kier alpha value is -0.530. The second-order valence-corrected chi connectivity index (χ2v) is 1.80. The fraction of sp³-hybridized carbons (Fsp3) is 0.714. The lowest BCUT2D eigenvalue weighted by atomic mass is 10.0. The molecule has 0 rings (SSSR count). The summed E-state index contributed by atoms with van der Waals surface area (Å²) in [6, 6.07) is 0. The monoisotopic (exact) mass is 129 g/mol. The zero-order chi connectivity index (χ0) is 7.28. The van der Waals surface area contributed by atoms with Crippen LogP contribution in [0.3, 0.4) is 0 Å². The quantitative estimate of drug-likeness (QED) is 0.540. The minimum absolute atomic E-state index is 0.167. The van der Waals surface area contributed by atoms with Crippen molar-refractivity contribution in [2.75, 3.05) is 7.11 Å². The Morgan fingerprint density at radius 1 is 1.33 bits per heavy atom. The maximum absolute atomic E-state index is 10.7. The molecule has 0 aliphatic rings. The third-order valence-electron chi connectivity index (χ3n) is 1.33. The highest BCUT2D eigenvalue weighted by Gasteiger charge is 2.13. The first-order valence-electron chi connectivity index (χ1n) is 3.19. The molecule has 0 amide bonds. The van der Waals surface area contributed by atoms with Gasteiger partial charge in [0.05, 0.1) is 13.0 Å². The second-order valence-electron chi connectivity index (χ2n) is 1.80.